The molecule has 8 aromatic carbocycles. The maximum absolute atomic E-state index is 2.44. The van der Waals surface area contributed by atoms with E-state index in [0.717, 1.165) is 11.4 Å². The fourth-order valence-electron chi connectivity index (χ4n) is 7.44. The zero-order valence-electron chi connectivity index (χ0n) is 27.7. The lowest BCUT2D eigenvalue weighted by atomic mass is 9.98. The van der Waals surface area contributed by atoms with Crippen molar-refractivity contribution in [3.63, 3.8) is 0 Å². The topological polar surface area (TPSA) is 3.24 Å². The average molecular weight is 686 g/mol. The van der Waals surface area contributed by atoms with Gasteiger partial charge in [0, 0.05) is 47.0 Å². The number of rotatable bonds is 6. The second-order valence-electron chi connectivity index (χ2n) is 12.9. The lowest BCUT2D eigenvalue weighted by Crippen LogP contribution is -2.10. The Balaban J connectivity index is 1.16. The number of thiophene rings is 2. The molecule has 51 heavy (non-hydrogen) atoms. The third kappa shape index (κ3) is 5.21. The molecule has 240 valence electrons. The van der Waals surface area contributed by atoms with Gasteiger partial charge >= 0.3 is 0 Å². The van der Waals surface area contributed by atoms with Crippen LogP contribution in [0, 0.1) is 0 Å². The molecular formula is C48H31NS2. The van der Waals surface area contributed by atoms with E-state index < -0.39 is 0 Å². The van der Waals surface area contributed by atoms with Crippen molar-refractivity contribution >= 4 is 80.1 Å². The van der Waals surface area contributed by atoms with E-state index in [0.29, 0.717) is 0 Å². The van der Waals surface area contributed by atoms with Crippen molar-refractivity contribution in [2.75, 3.05) is 4.90 Å². The SMILES string of the molecule is c1ccc(-c2cccc(N(c3ccc(-c4ccc5sc6ccccc6c5c4)cc3)c3ccc(-c4ccccc4)c4c3sc3ccccc34)c2)cc1. The summed E-state index contributed by atoms with van der Waals surface area (Å²) in [6.07, 6.45) is 0. The standard InChI is InChI=1S/C48H31NS2/c1-3-12-32(13-4-1)35-16-11-17-38(30-35)49(37-25-22-33(23-26-37)36-24-29-46-42(31-36)40-18-7-9-20-44(40)50-46)43-28-27-39(34-14-5-2-6-15-34)47-41-19-8-10-21-45(41)51-48(43)47/h1-31H. The van der Waals surface area contributed by atoms with Crippen LogP contribution in [-0.4, -0.2) is 0 Å². The third-order valence-electron chi connectivity index (χ3n) is 9.88. The van der Waals surface area contributed by atoms with E-state index >= 15 is 0 Å². The lowest BCUT2D eigenvalue weighted by molar-refractivity contribution is 1.30. The first-order valence-corrected chi connectivity index (χ1v) is 18.9. The van der Waals surface area contributed by atoms with E-state index in [-0.39, 0.29) is 0 Å². The molecule has 0 spiro atoms. The molecule has 0 atom stereocenters. The molecule has 0 unspecified atom stereocenters. The van der Waals surface area contributed by atoms with Crippen molar-refractivity contribution in [2.45, 2.75) is 0 Å². The van der Waals surface area contributed by atoms with Gasteiger partial charge in [0.05, 0.1) is 10.4 Å². The largest absolute Gasteiger partial charge is 0.309 e. The Labute approximate surface area is 304 Å². The van der Waals surface area contributed by atoms with Crippen LogP contribution in [0.1, 0.15) is 0 Å². The van der Waals surface area contributed by atoms with Crippen molar-refractivity contribution in [1.82, 2.24) is 0 Å². The van der Waals surface area contributed by atoms with Gasteiger partial charge in [-0.25, -0.2) is 0 Å². The zero-order chi connectivity index (χ0) is 33.7. The van der Waals surface area contributed by atoms with Gasteiger partial charge in [-0.3, -0.25) is 0 Å². The van der Waals surface area contributed by atoms with Crippen LogP contribution < -0.4 is 4.90 Å². The van der Waals surface area contributed by atoms with E-state index in [2.05, 4.69) is 193 Å². The normalized spacial score (nSPS) is 11.5. The Hall–Kier alpha value is -6.00. The predicted octanol–water partition coefficient (Wildman–Crippen LogP) is 14.9. The van der Waals surface area contributed by atoms with E-state index in [9.17, 15) is 0 Å². The van der Waals surface area contributed by atoms with Crippen molar-refractivity contribution in [3.05, 3.63) is 188 Å². The molecule has 0 N–H and O–H groups in total. The highest BCUT2D eigenvalue weighted by Gasteiger charge is 2.21. The van der Waals surface area contributed by atoms with E-state index in [1.807, 2.05) is 22.7 Å². The number of hydrogen-bond donors (Lipinski definition) is 0. The van der Waals surface area contributed by atoms with Gasteiger partial charge in [-0.05, 0) is 88.0 Å². The Bertz CT molecular complexity index is 2850. The summed E-state index contributed by atoms with van der Waals surface area (Å²) in [4.78, 5) is 2.44. The summed E-state index contributed by atoms with van der Waals surface area (Å²) in [5.74, 6) is 0. The Morgan fingerprint density at radius 3 is 1.71 bits per heavy atom. The fraction of sp³-hybridized carbons (Fsp3) is 0. The molecule has 1 nitrogen and oxygen atoms in total. The number of nitrogens with zero attached hydrogens (tertiary/aromatic N) is 1. The Morgan fingerprint density at radius 1 is 0.333 bits per heavy atom. The molecule has 0 aliphatic carbocycles. The van der Waals surface area contributed by atoms with Gasteiger partial charge in [-0.1, -0.05) is 133 Å². The predicted molar refractivity (Wildman–Crippen MR) is 223 cm³/mol. The van der Waals surface area contributed by atoms with Gasteiger partial charge in [0.2, 0.25) is 0 Å². The first-order valence-electron chi connectivity index (χ1n) is 17.3. The van der Waals surface area contributed by atoms with Gasteiger partial charge in [0.25, 0.3) is 0 Å². The van der Waals surface area contributed by atoms with Crippen LogP contribution in [0.4, 0.5) is 17.1 Å². The quantitative estimate of drug-likeness (QED) is 0.168. The number of fused-ring (bicyclic) bond motifs is 6. The monoisotopic (exact) mass is 685 g/mol. The van der Waals surface area contributed by atoms with Crippen LogP contribution >= 0.6 is 22.7 Å². The molecule has 0 amide bonds. The van der Waals surface area contributed by atoms with Crippen molar-refractivity contribution < 1.29 is 0 Å². The van der Waals surface area contributed by atoms with Crippen LogP contribution in [0.2, 0.25) is 0 Å². The van der Waals surface area contributed by atoms with Gasteiger partial charge in [-0.2, -0.15) is 0 Å². The molecule has 2 aromatic heterocycles. The first-order chi connectivity index (χ1) is 25.3. The van der Waals surface area contributed by atoms with Gasteiger partial charge in [-0.15, -0.1) is 22.7 Å². The Morgan fingerprint density at radius 2 is 0.922 bits per heavy atom. The van der Waals surface area contributed by atoms with Gasteiger partial charge < -0.3 is 4.90 Å². The highest BCUT2D eigenvalue weighted by Crippen LogP contribution is 2.48. The van der Waals surface area contributed by atoms with Crippen LogP contribution in [0.15, 0.2) is 188 Å². The van der Waals surface area contributed by atoms with E-state index in [1.165, 1.54) is 79.4 Å². The van der Waals surface area contributed by atoms with Crippen molar-refractivity contribution in [3.8, 4) is 33.4 Å². The van der Waals surface area contributed by atoms with Crippen LogP contribution in [-0.2, 0) is 0 Å². The summed E-state index contributed by atoms with van der Waals surface area (Å²) >= 11 is 3.74. The number of hydrogen-bond acceptors (Lipinski definition) is 3. The minimum absolute atomic E-state index is 1.12. The highest BCUT2D eigenvalue weighted by atomic mass is 32.1. The molecule has 2 heterocycles. The van der Waals surface area contributed by atoms with Crippen LogP contribution in [0.3, 0.4) is 0 Å². The summed E-state index contributed by atoms with van der Waals surface area (Å²) in [7, 11) is 0. The summed E-state index contributed by atoms with van der Waals surface area (Å²) in [5, 5.41) is 5.24. The maximum Gasteiger partial charge on any atom is 0.0640 e. The summed E-state index contributed by atoms with van der Waals surface area (Å²) in [5.41, 5.74) is 10.8. The summed E-state index contributed by atoms with van der Waals surface area (Å²) in [6.45, 7) is 0. The lowest BCUT2D eigenvalue weighted by Gasteiger charge is -2.27. The molecular weight excluding hydrogens is 655 g/mol. The van der Waals surface area contributed by atoms with Crippen molar-refractivity contribution in [2.24, 2.45) is 0 Å². The molecule has 0 saturated heterocycles. The molecule has 10 rings (SSSR count). The van der Waals surface area contributed by atoms with E-state index in [1.54, 1.807) is 0 Å². The molecule has 10 aromatic rings. The van der Waals surface area contributed by atoms with Crippen molar-refractivity contribution in [1.29, 1.82) is 0 Å². The molecule has 0 aliphatic heterocycles. The fourth-order valence-corrected chi connectivity index (χ4v) is 9.76. The van der Waals surface area contributed by atoms with Gasteiger partial charge in [0.15, 0.2) is 0 Å². The zero-order valence-corrected chi connectivity index (χ0v) is 29.3. The molecule has 0 fully saturated rings. The first kappa shape index (κ1) is 29.9. The van der Waals surface area contributed by atoms with Crippen LogP contribution in [0.5, 0.6) is 0 Å². The third-order valence-corrected chi connectivity index (χ3v) is 12.2. The Kier molecular flexibility index (Phi) is 7.26. The number of anilines is 3. The highest BCUT2D eigenvalue weighted by molar-refractivity contribution is 7.26. The molecule has 3 heteroatoms. The van der Waals surface area contributed by atoms with Gasteiger partial charge in [0.1, 0.15) is 0 Å². The average Bonchev–Trinajstić information content (AvgIpc) is 3.78. The minimum Gasteiger partial charge on any atom is -0.309 e. The molecule has 0 bridgehead atoms. The van der Waals surface area contributed by atoms with E-state index in [4.69, 9.17) is 0 Å². The smallest absolute Gasteiger partial charge is 0.0640 e. The maximum atomic E-state index is 2.44. The molecule has 0 radical (unpaired) electrons. The summed E-state index contributed by atoms with van der Waals surface area (Å²) < 4.78 is 5.23. The minimum atomic E-state index is 1.12. The molecule has 0 aliphatic rings. The number of benzene rings is 8. The molecule has 0 saturated carbocycles. The van der Waals surface area contributed by atoms with Crippen LogP contribution in [0.25, 0.3) is 73.7 Å². The second kappa shape index (κ2) is 12.4. The summed E-state index contributed by atoms with van der Waals surface area (Å²) in [6, 6.07) is 68.6. The second-order valence-corrected chi connectivity index (χ2v) is 15.0.